The molecule has 4 aromatic rings. The number of rotatable bonds is 1. The van der Waals surface area contributed by atoms with Gasteiger partial charge in [0.2, 0.25) is 0 Å². The third-order valence-corrected chi connectivity index (χ3v) is 3.40. The molecule has 4 rings (SSSR count). The predicted octanol–water partition coefficient (Wildman–Crippen LogP) is 4.11. The van der Waals surface area contributed by atoms with Gasteiger partial charge in [-0.3, -0.25) is 0 Å². The Hall–Kier alpha value is -2.42. The van der Waals surface area contributed by atoms with Crippen LogP contribution >= 0.6 is 0 Å². The minimum atomic E-state index is 0.924. The molecule has 0 saturated heterocycles. The highest BCUT2D eigenvalue weighted by Gasteiger charge is 2.11. The second kappa shape index (κ2) is 3.29. The van der Waals surface area contributed by atoms with Gasteiger partial charge in [0.1, 0.15) is 17.0 Å². The van der Waals surface area contributed by atoms with Crippen molar-refractivity contribution in [1.29, 1.82) is 0 Å². The minimum Gasteiger partial charge on any atom is -0.456 e. The summed E-state index contributed by atoms with van der Waals surface area (Å²) in [4.78, 5) is 3.40. The summed E-state index contributed by atoms with van der Waals surface area (Å²) < 4.78 is 5.86. The monoisotopic (exact) mass is 236 g/mol. The molecule has 2 N–H and O–H groups in total. The molecular weight excluding hydrogens is 224 g/mol. The van der Waals surface area contributed by atoms with Crippen LogP contribution in [0.2, 0.25) is 0 Å². The summed E-state index contributed by atoms with van der Waals surface area (Å²) in [6, 6.07) is 14.4. The average molecular weight is 236 g/mol. The van der Waals surface area contributed by atoms with Crippen LogP contribution < -0.4 is 5.32 Å². The van der Waals surface area contributed by atoms with Crippen LogP contribution in [0.1, 0.15) is 0 Å². The van der Waals surface area contributed by atoms with Crippen molar-refractivity contribution in [2.24, 2.45) is 0 Å². The van der Waals surface area contributed by atoms with E-state index in [1.807, 2.05) is 31.3 Å². The van der Waals surface area contributed by atoms with Crippen LogP contribution in [0.4, 0.5) is 5.82 Å². The SMILES string of the molecule is CNc1cc2ccc3oc4ccccc4c3c2[nH]1. The van der Waals surface area contributed by atoms with Crippen molar-refractivity contribution in [2.75, 3.05) is 12.4 Å². The van der Waals surface area contributed by atoms with Crippen LogP contribution in [0.25, 0.3) is 32.8 Å². The molecule has 0 aliphatic carbocycles. The highest BCUT2D eigenvalue weighted by Crippen LogP contribution is 2.34. The Labute approximate surface area is 103 Å². The molecule has 0 spiro atoms. The molecule has 0 saturated carbocycles. The lowest BCUT2D eigenvalue weighted by atomic mass is 10.1. The zero-order valence-corrected chi connectivity index (χ0v) is 9.95. The molecule has 0 aliphatic rings. The maximum atomic E-state index is 5.86. The zero-order valence-electron chi connectivity index (χ0n) is 9.95. The summed E-state index contributed by atoms with van der Waals surface area (Å²) >= 11 is 0. The molecule has 2 aromatic carbocycles. The lowest BCUT2D eigenvalue weighted by Gasteiger charge is -1.93. The standard InChI is InChI=1S/C15H12N2O/c1-16-13-8-9-6-7-12-14(15(9)17-13)10-4-2-3-5-11(10)18-12/h2-8,16-17H,1H3. The van der Waals surface area contributed by atoms with E-state index in [9.17, 15) is 0 Å². The Morgan fingerprint density at radius 1 is 1.06 bits per heavy atom. The lowest BCUT2D eigenvalue weighted by Crippen LogP contribution is -1.85. The van der Waals surface area contributed by atoms with Gasteiger partial charge in [-0.25, -0.2) is 0 Å². The molecule has 88 valence electrons. The molecule has 0 aliphatic heterocycles. The van der Waals surface area contributed by atoms with Crippen LogP contribution in [-0.4, -0.2) is 12.0 Å². The fourth-order valence-corrected chi connectivity index (χ4v) is 2.55. The van der Waals surface area contributed by atoms with Gasteiger partial charge in [-0.05, 0) is 24.3 Å². The summed E-state index contributed by atoms with van der Waals surface area (Å²) in [7, 11) is 1.91. The summed E-state index contributed by atoms with van der Waals surface area (Å²) in [5, 5.41) is 6.64. The first kappa shape index (κ1) is 9.59. The average Bonchev–Trinajstić information content (AvgIpc) is 2.98. The molecule has 0 atom stereocenters. The van der Waals surface area contributed by atoms with Crippen molar-refractivity contribution in [3.63, 3.8) is 0 Å². The first-order valence-corrected chi connectivity index (χ1v) is 5.97. The molecule has 18 heavy (non-hydrogen) atoms. The third-order valence-electron chi connectivity index (χ3n) is 3.40. The van der Waals surface area contributed by atoms with Gasteiger partial charge in [0.05, 0.1) is 10.9 Å². The Kier molecular flexibility index (Phi) is 1.75. The number of aromatic amines is 1. The topological polar surface area (TPSA) is 41.0 Å². The first-order chi connectivity index (χ1) is 8.86. The number of hydrogen-bond donors (Lipinski definition) is 2. The fraction of sp³-hybridized carbons (Fsp3) is 0.0667. The van der Waals surface area contributed by atoms with Crippen molar-refractivity contribution in [2.45, 2.75) is 0 Å². The van der Waals surface area contributed by atoms with Crippen LogP contribution in [0.3, 0.4) is 0 Å². The van der Waals surface area contributed by atoms with E-state index in [4.69, 9.17) is 4.42 Å². The second-order valence-corrected chi connectivity index (χ2v) is 4.43. The molecule has 2 aromatic heterocycles. The number of benzene rings is 2. The maximum Gasteiger partial charge on any atom is 0.137 e. The summed E-state index contributed by atoms with van der Waals surface area (Å²) in [6.07, 6.45) is 0. The van der Waals surface area contributed by atoms with Gasteiger partial charge in [0.15, 0.2) is 0 Å². The third kappa shape index (κ3) is 1.13. The zero-order chi connectivity index (χ0) is 12.1. The highest BCUT2D eigenvalue weighted by atomic mass is 16.3. The molecule has 3 nitrogen and oxygen atoms in total. The molecule has 0 radical (unpaired) electrons. The molecule has 0 fully saturated rings. The van der Waals surface area contributed by atoms with Gasteiger partial charge < -0.3 is 14.7 Å². The van der Waals surface area contributed by atoms with E-state index in [0.717, 1.165) is 33.3 Å². The largest absolute Gasteiger partial charge is 0.456 e. The van der Waals surface area contributed by atoms with Crippen LogP contribution in [0.5, 0.6) is 0 Å². The van der Waals surface area contributed by atoms with E-state index in [1.54, 1.807) is 0 Å². The summed E-state index contributed by atoms with van der Waals surface area (Å²) in [6.45, 7) is 0. The molecule has 2 heterocycles. The lowest BCUT2D eigenvalue weighted by molar-refractivity contribution is 0.669. The maximum absolute atomic E-state index is 5.86. The van der Waals surface area contributed by atoms with Gasteiger partial charge in [-0.1, -0.05) is 18.2 Å². The van der Waals surface area contributed by atoms with Crippen molar-refractivity contribution in [3.8, 4) is 0 Å². The van der Waals surface area contributed by atoms with E-state index in [0.29, 0.717) is 0 Å². The Bertz CT molecular complexity index is 870. The highest BCUT2D eigenvalue weighted by molar-refractivity contribution is 6.18. The number of hydrogen-bond acceptors (Lipinski definition) is 2. The van der Waals surface area contributed by atoms with Crippen LogP contribution in [-0.2, 0) is 0 Å². The molecular formula is C15H12N2O. The fourth-order valence-electron chi connectivity index (χ4n) is 2.55. The number of para-hydroxylation sites is 1. The van der Waals surface area contributed by atoms with Crippen molar-refractivity contribution >= 4 is 38.7 Å². The number of fused-ring (bicyclic) bond motifs is 5. The van der Waals surface area contributed by atoms with Crippen LogP contribution in [0, 0.1) is 0 Å². The van der Waals surface area contributed by atoms with E-state index in [2.05, 4.69) is 28.5 Å². The van der Waals surface area contributed by atoms with E-state index >= 15 is 0 Å². The predicted molar refractivity (Wildman–Crippen MR) is 75.1 cm³/mol. The van der Waals surface area contributed by atoms with E-state index in [1.165, 1.54) is 5.39 Å². The van der Waals surface area contributed by atoms with Gasteiger partial charge in [-0.15, -0.1) is 0 Å². The van der Waals surface area contributed by atoms with Crippen molar-refractivity contribution in [3.05, 3.63) is 42.5 Å². The quantitative estimate of drug-likeness (QED) is 0.522. The Morgan fingerprint density at radius 2 is 1.94 bits per heavy atom. The van der Waals surface area contributed by atoms with Crippen LogP contribution in [0.15, 0.2) is 46.9 Å². The number of H-pyrrole nitrogens is 1. The number of nitrogens with one attached hydrogen (secondary N) is 2. The molecule has 3 heteroatoms. The van der Waals surface area contributed by atoms with Gasteiger partial charge in [-0.2, -0.15) is 0 Å². The Morgan fingerprint density at radius 3 is 2.83 bits per heavy atom. The van der Waals surface area contributed by atoms with Gasteiger partial charge >= 0.3 is 0 Å². The van der Waals surface area contributed by atoms with Crippen molar-refractivity contribution < 1.29 is 4.42 Å². The number of aromatic nitrogens is 1. The van der Waals surface area contributed by atoms with E-state index in [-0.39, 0.29) is 0 Å². The van der Waals surface area contributed by atoms with Crippen molar-refractivity contribution in [1.82, 2.24) is 4.98 Å². The summed E-state index contributed by atoms with van der Waals surface area (Å²) in [5.74, 6) is 1.02. The Balaban J connectivity index is 2.28. The normalized spacial score (nSPS) is 11.6. The number of furan rings is 1. The summed E-state index contributed by atoms with van der Waals surface area (Å²) in [5.41, 5.74) is 2.98. The molecule has 0 unspecified atom stereocenters. The second-order valence-electron chi connectivity index (χ2n) is 4.43. The first-order valence-electron chi connectivity index (χ1n) is 5.97. The minimum absolute atomic E-state index is 0.924. The number of anilines is 1. The van der Waals surface area contributed by atoms with Gasteiger partial charge in [0, 0.05) is 17.8 Å². The molecule has 0 bridgehead atoms. The van der Waals surface area contributed by atoms with Gasteiger partial charge in [0.25, 0.3) is 0 Å². The molecule has 0 amide bonds. The van der Waals surface area contributed by atoms with E-state index < -0.39 is 0 Å². The smallest absolute Gasteiger partial charge is 0.137 e.